The first-order valence-corrected chi connectivity index (χ1v) is 9.04. The molecule has 1 fully saturated rings. The van der Waals surface area contributed by atoms with Gasteiger partial charge in [-0.1, -0.05) is 11.6 Å². The summed E-state index contributed by atoms with van der Waals surface area (Å²) in [6.07, 6.45) is 1.72. The fraction of sp³-hybridized carbons (Fsp3) is 0.500. The summed E-state index contributed by atoms with van der Waals surface area (Å²) in [5, 5.41) is 1.23. The van der Waals surface area contributed by atoms with E-state index in [0.29, 0.717) is 19.0 Å². The average molecular weight is 321 g/mol. The number of aromatic amines is 1. The Bertz CT molecular complexity index is 772. The average Bonchev–Trinajstić information content (AvgIpc) is 2.90. The molecular formula is C16H23N3O2S. The van der Waals surface area contributed by atoms with Gasteiger partial charge in [0, 0.05) is 44.3 Å². The van der Waals surface area contributed by atoms with Crippen LogP contribution in [0.15, 0.2) is 24.3 Å². The molecule has 1 aliphatic rings. The van der Waals surface area contributed by atoms with Gasteiger partial charge in [-0.25, -0.2) is 0 Å². The number of rotatable bonds is 3. The summed E-state index contributed by atoms with van der Waals surface area (Å²) in [7, 11) is -0.110. The minimum atomic E-state index is -3.28. The molecule has 0 spiro atoms. The standard InChI is InChI=1S/C16H23N3O2S/c1-12-4-5-15-14(10-12)11-16(17-15)13-6-8-19(9-7-13)22(20,21)18(2)3/h4-5,10-11,13,17H,6-9H2,1-3H3. The molecule has 0 unspecified atom stereocenters. The predicted octanol–water partition coefficient (Wildman–Crippen LogP) is 2.46. The zero-order valence-corrected chi connectivity index (χ0v) is 14.2. The molecule has 2 aromatic rings. The lowest BCUT2D eigenvalue weighted by molar-refractivity contribution is 0.300. The first-order chi connectivity index (χ1) is 10.4. The van der Waals surface area contributed by atoms with Gasteiger partial charge in [-0.05, 0) is 43.4 Å². The van der Waals surface area contributed by atoms with Gasteiger partial charge >= 0.3 is 0 Å². The summed E-state index contributed by atoms with van der Waals surface area (Å²) in [5.41, 5.74) is 3.64. The van der Waals surface area contributed by atoms with Crippen molar-refractivity contribution in [1.29, 1.82) is 0 Å². The molecular weight excluding hydrogens is 298 g/mol. The molecule has 0 amide bonds. The second-order valence-electron chi connectivity index (χ2n) is 6.28. The highest BCUT2D eigenvalue weighted by molar-refractivity contribution is 7.86. The van der Waals surface area contributed by atoms with Crippen LogP contribution in [-0.2, 0) is 10.2 Å². The molecule has 1 N–H and O–H groups in total. The number of hydrogen-bond donors (Lipinski definition) is 1. The van der Waals surface area contributed by atoms with E-state index in [1.54, 1.807) is 18.4 Å². The quantitative estimate of drug-likeness (QED) is 0.944. The number of fused-ring (bicyclic) bond motifs is 1. The van der Waals surface area contributed by atoms with E-state index in [2.05, 4.69) is 36.2 Å². The van der Waals surface area contributed by atoms with E-state index in [1.165, 1.54) is 20.9 Å². The summed E-state index contributed by atoms with van der Waals surface area (Å²) < 4.78 is 27.2. The number of piperidine rings is 1. The van der Waals surface area contributed by atoms with Crippen LogP contribution in [0.25, 0.3) is 10.9 Å². The summed E-state index contributed by atoms with van der Waals surface area (Å²) in [4.78, 5) is 3.49. The number of nitrogens with zero attached hydrogens (tertiary/aromatic N) is 2. The molecule has 6 heteroatoms. The van der Waals surface area contributed by atoms with E-state index in [4.69, 9.17) is 0 Å². The Morgan fingerprint density at radius 2 is 1.86 bits per heavy atom. The van der Waals surface area contributed by atoms with Crippen LogP contribution in [0.3, 0.4) is 0 Å². The topological polar surface area (TPSA) is 56.4 Å². The molecule has 120 valence electrons. The number of nitrogens with one attached hydrogen (secondary N) is 1. The van der Waals surface area contributed by atoms with Gasteiger partial charge in [-0.15, -0.1) is 0 Å². The van der Waals surface area contributed by atoms with E-state index in [9.17, 15) is 8.42 Å². The van der Waals surface area contributed by atoms with Crippen LogP contribution in [0.1, 0.15) is 30.0 Å². The third kappa shape index (κ3) is 2.78. The smallest absolute Gasteiger partial charge is 0.281 e. The third-order valence-electron chi connectivity index (χ3n) is 4.48. The molecule has 1 aliphatic heterocycles. The van der Waals surface area contributed by atoms with Crippen molar-refractivity contribution in [2.75, 3.05) is 27.2 Å². The van der Waals surface area contributed by atoms with Gasteiger partial charge in [0.15, 0.2) is 0 Å². The largest absolute Gasteiger partial charge is 0.358 e. The van der Waals surface area contributed by atoms with Crippen LogP contribution < -0.4 is 0 Å². The fourth-order valence-electron chi connectivity index (χ4n) is 3.12. The molecule has 22 heavy (non-hydrogen) atoms. The second-order valence-corrected chi connectivity index (χ2v) is 8.42. The van der Waals surface area contributed by atoms with Crippen LogP contribution in [0.5, 0.6) is 0 Å². The molecule has 0 radical (unpaired) electrons. The first kappa shape index (κ1) is 15.5. The predicted molar refractivity (Wildman–Crippen MR) is 89.2 cm³/mol. The molecule has 0 aliphatic carbocycles. The molecule has 0 saturated carbocycles. The highest BCUT2D eigenvalue weighted by Gasteiger charge is 2.30. The van der Waals surface area contributed by atoms with Gasteiger partial charge in [0.05, 0.1) is 0 Å². The van der Waals surface area contributed by atoms with Crippen molar-refractivity contribution in [1.82, 2.24) is 13.6 Å². The van der Waals surface area contributed by atoms with Crippen molar-refractivity contribution in [3.05, 3.63) is 35.5 Å². The highest BCUT2D eigenvalue weighted by Crippen LogP contribution is 2.31. The first-order valence-electron chi connectivity index (χ1n) is 7.65. The van der Waals surface area contributed by atoms with Crippen molar-refractivity contribution >= 4 is 21.1 Å². The molecule has 3 rings (SSSR count). The minimum Gasteiger partial charge on any atom is -0.358 e. The Kier molecular flexibility index (Phi) is 4.01. The van der Waals surface area contributed by atoms with Gasteiger partial charge in [0.2, 0.25) is 0 Å². The Morgan fingerprint density at radius 1 is 1.18 bits per heavy atom. The van der Waals surface area contributed by atoms with Crippen LogP contribution in [0.2, 0.25) is 0 Å². The van der Waals surface area contributed by atoms with Gasteiger partial charge in [-0.2, -0.15) is 17.0 Å². The third-order valence-corrected chi connectivity index (χ3v) is 6.42. The molecule has 2 heterocycles. The molecule has 1 saturated heterocycles. The Morgan fingerprint density at radius 3 is 2.50 bits per heavy atom. The Hall–Kier alpha value is -1.37. The fourth-order valence-corrected chi connectivity index (χ4v) is 4.26. The Balaban J connectivity index is 1.75. The van der Waals surface area contributed by atoms with Crippen molar-refractivity contribution < 1.29 is 8.42 Å². The number of aromatic nitrogens is 1. The van der Waals surface area contributed by atoms with E-state index in [-0.39, 0.29) is 0 Å². The van der Waals surface area contributed by atoms with Crippen molar-refractivity contribution in [2.24, 2.45) is 0 Å². The van der Waals surface area contributed by atoms with Gasteiger partial charge < -0.3 is 4.98 Å². The van der Waals surface area contributed by atoms with Crippen molar-refractivity contribution in [2.45, 2.75) is 25.7 Å². The van der Waals surface area contributed by atoms with Gasteiger partial charge in [0.1, 0.15) is 0 Å². The van der Waals surface area contributed by atoms with Crippen molar-refractivity contribution in [3.8, 4) is 0 Å². The lowest BCUT2D eigenvalue weighted by atomic mass is 9.95. The monoisotopic (exact) mass is 321 g/mol. The number of H-pyrrole nitrogens is 1. The van der Waals surface area contributed by atoms with Crippen LogP contribution >= 0.6 is 0 Å². The summed E-state index contributed by atoms with van der Waals surface area (Å²) in [6.45, 7) is 3.26. The minimum absolute atomic E-state index is 0.404. The number of hydrogen-bond acceptors (Lipinski definition) is 2. The maximum Gasteiger partial charge on any atom is 0.281 e. The van der Waals surface area contributed by atoms with E-state index >= 15 is 0 Å². The SMILES string of the molecule is Cc1ccc2[nH]c(C3CCN(S(=O)(=O)N(C)C)CC3)cc2c1. The van der Waals surface area contributed by atoms with Crippen LogP contribution in [0.4, 0.5) is 0 Å². The number of aryl methyl sites for hydroxylation is 1. The van der Waals surface area contributed by atoms with Gasteiger partial charge in [-0.3, -0.25) is 0 Å². The van der Waals surface area contributed by atoms with Crippen molar-refractivity contribution in [3.63, 3.8) is 0 Å². The maximum atomic E-state index is 12.2. The highest BCUT2D eigenvalue weighted by atomic mass is 32.2. The molecule has 0 bridgehead atoms. The summed E-state index contributed by atoms with van der Waals surface area (Å²) >= 11 is 0. The maximum absolute atomic E-state index is 12.2. The summed E-state index contributed by atoms with van der Waals surface area (Å²) in [5.74, 6) is 0.404. The zero-order chi connectivity index (χ0) is 15.9. The lowest BCUT2D eigenvalue weighted by Gasteiger charge is -2.32. The van der Waals surface area contributed by atoms with Crippen LogP contribution in [-0.4, -0.2) is 49.2 Å². The normalized spacial score (nSPS) is 18.4. The van der Waals surface area contributed by atoms with E-state index < -0.39 is 10.2 Å². The zero-order valence-electron chi connectivity index (χ0n) is 13.3. The lowest BCUT2D eigenvalue weighted by Crippen LogP contribution is -2.44. The molecule has 1 aromatic carbocycles. The van der Waals surface area contributed by atoms with E-state index in [0.717, 1.165) is 18.4 Å². The summed E-state index contributed by atoms with van der Waals surface area (Å²) in [6, 6.07) is 8.61. The molecule has 1 aromatic heterocycles. The molecule has 0 atom stereocenters. The Labute approximate surface area is 132 Å². The van der Waals surface area contributed by atoms with Gasteiger partial charge in [0.25, 0.3) is 10.2 Å². The second kappa shape index (κ2) is 5.68. The number of benzene rings is 1. The van der Waals surface area contributed by atoms with E-state index in [1.807, 2.05) is 0 Å². The van der Waals surface area contributed by atoms with Crippen LogP contribution in [0, 0.1) is 6.92 Å². The molecule has 5 nitrogen and oxygen atoms in total.